The third kappa shape index (κ3) is 4.22. The molecule has 0 atom stereocenters. The number of nitrogens with one attached hydrogen (secondary N) is 1. The number of benzene rings is 2. The second-order valence-electron chi connectivity index (χ2n) is 6.29. The van der Waals surface area contributed by atoms with Crippen molar-refractivity contribution in [2.75, 3.05) is 36.4 Å². The standard InChI is InChI=1S/C19H20N4O4/c1-14(24)20-17-8-7-15(13-18(17)23(26)27)19(25)22-11-9-21(10-12-22)16-5-3-2-4-6-16/h2-8,13H,9-12H2,1H3,(H,20,24). The Morgan fingerprint density at radius 3 is 2.30 bits per heavy atom. The Bertz CT molecular complexity index is 861. The van der Waals surface area contributed by atoms with Gasteiger partial charge in [0.25, 0.3) is 11.6 Å². The minimum atomic E-state index is -0.602. The first-order valence-electron chi connectivity index (χ1n) is 8.61. The van der Waals surface area contributed by atoms with E-state index in [0.717, 1.165) is 5.69 Å². The average Bonchev–Trinajstić information content (AvgIpc) is 2.68. The number of anilines is 2. The van der Waals surface area contributed by atoms with E-state index in [1.165, 1.54) is 25.1 Å². The zero-order chi connectivity index (χ0) is 19.4. The van der Waals surface area contributed by atoms with E-state index >= 15 is 0 Å². The van der Waals surface area contributed by atoms with Gasteiger partial charge in [-0.05, 0) is 24.3 Å². The number of nitro benzene ring substituents is 1. The van der Waals surface area contributed by atoms with Gasteiger partial charge in [-0.25, -0.2) is 0 Å². The molecule has 1 heterocycles. The van der Waals surface area contributed by atoms with Gasteiger partial charge in [0, 0.05) is 50.4 Å². The summed E-state index contributed by atoms with van der Waals surface area (Å²) in [4.78, 5) is 38.5. The molecule has 0 aliphatic carbocycles. The molecule has 0 bridgehead atoms. The number of nitrogens with zero attached hydrogens (tertiary/aromatic N) is 3. The van der Waals surface area contributed by atoms with Crippen LogP contribution < -0.4 is 10.2 Å². The van der Waals surface area contributed by atoms with Crippen LogP contribution in [0.3, 0.4) is 0 Å². The third-order valence-electron chi connectivity index (χ3n) is 4.44. The summed E-state index contributed by atoms with van der Waals surface area (Å²) < 4.78 is 0. The molecule has 8 heteroatoms. The second kappa shape index (κ2) is 7.86. The molecule has 1 aliphatic heterocycles. The summed E-state index contributed by atoms with van der Waals surface area (Å²) in [6, 6.07) is 14.1. The molecule has 0 radical (unpaired) electrons. The molecular weight excluding hydrogens is 348 g/mol. The van der Waals surface area contributed by atoms with E-state index < -0.39 is 10.8 Å². The van der Waals surface area contributed by atoms with E-state index in [0.29, 0.717) is 26.2 Å². The highest BCUT2D eigenvalue weighted by Gasteiger charge is 2.25. The Morgan fingerprint density at radius 2 is 1.70 bits per heavy atom. The Labute approximate surface area is 156 Å². The van der Waals surface area contributed by atoms with Crippen LogP contribution in [0, 0.1) is 10.1 Å². The van der Waals surface area contributed by atoms with E-state index in [2.05, 4.69) is 10.2 Å². The van der Waals surface area contributed by atoms with E-state index in [-0.39, 0.29) is 22.8 Å². The first kappa shape index (κ1) is 18.4. The summed E-state index contributed by atoms with van der Waals surface area (Å²) in [6.07, 6.45) is 0. The molecule has 1 fully saturated rings. The minimum absolute atomic E-state index is 0.0814. The molecule has 140 valence electrons. The molecule has 1 aliphatic rings. The zero-order valence-electron chi connectivity index (χ0n) is 14.9. The maximum Gasteiger partial charge on any atom is 0.293 e. The number of rotatable bonds is 4. The van der Waals surface area contributed by atoms with Gasteiger partial charge in [0.2, 0.25) is 5.91 Å². The molecule has 1 N–H and O–H groups in total. The van der Waals surface area contributed by atoms with Crippen LogP contribution in [-0.2, 0) is 4.79 Å². The van der Waals surface area contributed by atoms with Crippen molar-refractivity contribution in [2.45, 2.75) is 6.92 Å². The van der Waals surface area contributed by atoms with Crippen molar-refractivity contribution in [3.8, 4) is 0 Å². The van der Waals surface area contributed by atoms with Crippen LogP contribution >= 0.6 is 0 Å². The molecule has 0 unspecified atom stereocenters. The fourth-order valence-corrected chi connectivity index (χ4v) is 3.10. The van der Waals surface area contributed by atoms with Crippen molar-refractivity contribution in [3.05, 3.63) is 64.2 Å². The van der Waals surface area contributed by atoms with Crippen molar-refractivity contribution in [3.63, 3.8) is 0 Å². The highest BCUT2D eigenvalue weighted by Crippen LogP contribution is 2.26. The van der Waals surface area contributed by atoms with Crippen molar-refractivity contribution >= 4 is 28.9 Å². The van der Waals surface area contributed by atoms with Gasteiger partial charge in [-0.2, -0.15) is 0 Å². The highest BCUT2D eigenvalue weighted by atomic mass is 16.6. The van der Waals surface area contributed by atoms with E-state index in [9.17, 15) is 19.7 Å². The van der Waals surface area contributed by atoms with Crippen molar-refractivity contribution in [1.82, 2.24) is 4.90 Å². The highest BCUT2D eigenvalue weighted by molar-refractivity contribution is 5.97. The molecule has 0 spiro atoms. The predicted molar refractivity (Wildman–Crippen MR) is 102 cm³/mol. The number of piperazine rings is 1. The van der Waals surface area contributed by atoms with Gasteiger partial charge >= 0.3 is 0 Å². The van der Waals surface area contributed by atoms with Gasteiger partial charge in [-0.1, -0.05) is 18.2 Å². The Balaban J connectivity index is 1.72. The Hall–Kier alpha value is -3.42. The third-order valence-corrected chi connectivity index (χ3v) is 4.44. The summed E-state index contributed by atoms with van der Waals surface area (Å²) in [5, 5.41) is 13.7. The van der Waals surface area contributed by atoms with Gasteiger partial charge < -0.3 is 15.1 Å². The molecule has 2 amide bonds. The minimum Gasteiger partial charge on any atom is -0.368 e. The van der Waals surface area contributed by atoms with Crippen LogP contribution in [0.4, 0.5) is 17.1 Å². The average molecular weight is 368 g/mol. The van der Waals surface area contributed by atoms with Crippen LogP contribution in [0.5, 0.6) is 0 Å². The van der Waals surface area contributed by atoms with Gasteiger partial charge in [0.05, 0.1) is 4.92 Å². The molecule has 1 saturated heterocycles. The lowest BCUT2D eigenvalue weighted by Crippen LogP contribution is -2.48. The van der Waals surface area contributed by atoms with Crippen LogP contribution in [0.1, 0.15) is 17.3 Å². The summed E-state index contributed by atoms with van der Waals surface area (Å²) in [5.74, 6) is -0.658. The summed E-state index contributed by atoms with van der Waals surface area (Å²) in [5.41, 5.74) is 1.14. The predicted octanol–water partition coefficient (Wildman–Crippen LogP) is 2.52. The van der Waals surface area contributed by atoms with Gasteiger partial charge in [-0.15, -0.1) is 0 Å². The van der Waals surface area contributed by atoms with Gasteiger partial charge in [-0.3, -0.25) is 19.7 Å². The quantitative estimate of drug-likeness (QED) is 0.661. The Morgan fingerprint density at radius 1 is 1.04 bits per heavy atom. The van der Waals surface area contributed by atoms with E-state index in [1.54, 1.807) is 4.90 Å². The second-order valence-corrected chi connectivity index (χ2v) is 6.29. The van der Waals surface area contributed by atoms with Crippen LogP contribution in [0.2, 0.25) is 0 Å². The largest absolute Gasteiger partial charge is 0.368 e. The lowest BCUT2D eigenvalue weighted by atomic mass is 10.1. The fourth-order valence-electron chi connectivity index (χ4n) is 3.10. The number of hydrogen-bond donors (Lipinski definition) is 1. The monoisotopic (exact) mass is 368 g/mol. The molecule has 8 nitrogen and oxygen atoms in total. The molecule has 2 aromatic carbocycles. The number of para-hydroxylation sites is 1. The lowest BCUT2D eigenvalue weighted by Gasteiger charge is -2.36. The number of carbonyl (C=O) groups excluding carboxylic acids is 2. The normalized spacial score (nSPS) is 14.0. The van der Waals surface area contributed by atoms with Crippen LogP contribution in [-0.4, -0.2) is 47.8 Å². The zero-order valence-corrected chi connectivity index (χ0v) is 14.9. The maximum atomic E-state index is 12.7. The van der Waals surface area contributed by atoms with Gasteiger partial charge in [0.15, 0.2) is 0 Å². The molecule has 27 heavy (non-hydrogen) atoms. The van der Waals surface area contributed by atoms with E-state index in [4.69, 9.17) is 0 Å². The van der Waals surface area contributed by atoms with Crippen molar-refractivity contribution < 1.29 is 14.5 Å². The van der Waals surface area contributed by atoms with Crippen LogP contribution in [0.15, 0.2) is 48.5 Å². The maximum absolute atomic E-state index is 12.7. The molecule has 0 saturated carbocycles. The number of amides is 2. The fraction of sp³-hybridized carbons (Fsp3) is 0.263. The SMILES string of the molecule is CC(=O)Nc1ccc(C(=O)N2CCN(c3ccccc3)CC2)cc1[N+](=O)[O-]. The van der Waals surface area contributed by atoms with Gasteiger partial charge in [0.1, 0.15) is 5.69 Å². The number of carbonyl (C=O) groups is 2. The van der Waals surface area contributed by atoms with Crippen molar-refractivity contribution in [1.29, 1.82) is 0 Å². The smallest absolute Gasteiger partial charge is 0.293 e. The summed E-state index contributed by atoms with van der Waals surface area (Å²) in [6.45, 7) is 3.74. The number of nitro groups is 1. The van der Waals surface area contributed by atoms with Crippen LogP contribution in [0.25, 0.3) is 0 Å². The molecular formula is C19H20N4O4. The first-order chi connectivity index (χ1) is 13.0. The molecule has 3 rings (SSSR count). The number of hydrogen-bond acceptors (Lipinski definition) is 5. The Kier molecular flexibility index (Phi) is 5.35. The first-order valence-corrected chi connectivity index (χ1v) is 8.61. The molecule has 0 aromatic heterocycles. The summed E-state index contributed by atoms with van der Waals surface area (Å²) in [7, 11) is 0. The van der Waals surface area contributed by atoms with Crippen molar-refractivity contribution in [2.24, 2.45) is 0 Å². The lowest BCUT2D eigenvalue weighted by molar-refractivity contribution is -0.384. The molecule has 2 aromatic rings. The van der Waals surface area contributed by atoms with E-state index in [1.807, 2.05) is 30.3 Å². The summed E-state index contributed by atoms with van der Waals surface area (Å²) >= 11 is 0. The topological polar surface area (TPSA) is 95.8 Å².